The number of hydrogen-bond donors (Lipinski definition) is 0. The molecular formula is C22H23N5O2S3. The second kappa shape index (κ2) is 9.14. The van der Waals surface area contributed by atoms with Gasteiger partial charge in [-0.3, -0.25) is 4.57 Å². The third-order valence-electron chi connectivity index (χ3n) is 4.78. The molecule has 0 saturated carbocycles. The van der Waals surface area contributed by atoms with Gasteiger partial charge >= 0.3 is 0 Å². The lowest BCUT2D eigenvalue weighted by molar-refractivity contribution is 0.521. The molecule has 0 aliphatic heterocycles. The number of aromatic nitrogens is 4. The second-order valence-electron chi connectivity index (χ2n) is 7.44. The highest BCUT2D eigenvalue weighted by Gasteiger charge is 2.21. The minimum absolute atomic E-state index is 0.214. The number of hydrogen-bond acceptors (Lipinski definition) is 7. The van der Waals surface area contributed by atoms with Gasteiger partial charge in [0.2, 0.25) is 10.0 Å². The molecule has 2 heterocycles. The summed E-state index contributed by atoms with van der Waals surface area (Å²) in [4.78, 5) is 4.75. The van der Waals surface area contributed by atoms with Gasteiger partial charge in [-0.15, -0.1) is 21.5 Å². The van der Waals surface area contributed by atoms with E-state index in [-0.39, 0.29) is 4.90 Å². The van der Waals surface area contributed by atoms with E-state index in [2.05, 4.69) is 21.2 Å². The molecule has 4 rings (SSSR count). The highest BCUT2D eigenvalue weighted by molar-refractivity contribution is 7.98. The van der Waals surface area contributed by atoms with Crippen molar-refractivity contribution in [2.24, 2.45) is 0 Å². The molecule has 0 atom stereocenters. The van der Waals surface area contributed by atoms with Crippen LogP contribution in [0.4, 0.5) is 0 Å². The van der Waals surface area contributed by atoms with Gasteiger partial charge in [-0.1, -0.05) is 36.0 Å². The summed E-state index contributed by atoms with van der Waals surface area (Å²) in [6.45, 7) is 4.02. The molecule has 0 amide bonds. The maximum absolute atomic E-state index is 12.7. The van der Waals surface area contributed by atoms with Gasteiger partial charge in [0, 0.05) is 36.5 Å². The Morgan fingerprint density at radius 1 is 1.06 bits per heavy atom. The fraction of sp³-hybridized carbons (Fsp3) is 0.227. The number of sulfonamides is 1. The van der Waals surface area contributed by atoms with E-state index in [1.807, 2.05) is 48.1 Å². The first-order chi connectivity index (χ1) is 15.3. The minimum Gasteiger partial charge on any atom is -0.270 e. The molecule has 4 aromatic rings. The van der Waals surface area contributed by atoms with E-state index < -0.39 is 10.0 Å². The summed E-state index contributed by atoms with van der Waals surface area (Å²) < 4.78 is 28.5. The van der Waals surface area contributed by atoms with E-state index in [0.717, 1.165) is 27.1 Å². The number of nitrogens with zero attached hydrogens (tertiary/aromatic N) is 5. The Hall–Kier alpha value is -2.53. The number of thiazole rings is 1. The van der Waals surface area contributed by atoms with Crippen molar-refractivity contribution in [1.29, 1.82) is 0 Å². The standard InChI is InChI=1S/C22H23N5O2S3/c1-15-7-5-9-19(11-15)27-21(17-8-6-10-20(12-17)32(28,29)26(3)4)24-25-22(27)31-14-18-13-30-16(2)23-18/h5-13H,14H2,1-4H3. The van der Waals surface area contributed by atoms with Crippen molar-refractivity contribution in [2.75, 3.05) is 14.1 Å². The van der Waals surface area contributed by atoms with Crippen LogP contribution in [0.5, 0.6) is 0 Å². The van der Waals surface area contributed by atoms with Crippen LogP contribution in [-0.4, -0.2) is 46.6 Å². The Morgan fingerprint density at radius 2 is 1.84 bits per heavy atom. The van der Waals surface area contributed by atoms with Crippen LogP contribution in [0.2, 0.25) is 0 Å². The van der Waals surface area contributed by atoms with Gasteiger partial charge < -0.3 is 0 Å². The Morgan fingerprint density at radius 3 is 2.53 bits per heavy atom. The molecule has 10 heteroatoms. The molecule has 0 saturated heterocycles. The second-order valence-corrected chi connectivity index (χ2v) is 11.6. The molecule has 0 spiro atoms. The van der Waals surface area contributed by atoms with Crippen LogP contribution in [0.3, 0.4) is 0 Å². The fourth-order valence-corrected chi connectivity index (χ4v) is 5.68. The van der Waals surface area contributed by atoms with Crippen molar-refractivity contribution in [3.05, 3.63) is 70.2 Å². The van der Waals surface area contributed by atoms with Gasteiger partial charge in [0.05, 0.1) is 15.6 Å². The third kappa shape index (κ3) is 4.63. The SMILES string of the molecule is Cc1cccc(-n2c(SCc3csc(C)n3)nnc2-c2cccc(S(=O)(=O)N(C)C)c2)c1. The summed E-state index contributed by atoms with van der Waals surface area (Å²) in [7, 11) is -0.525. The summed E-state index contributed by atoms with van der Waals surface area (Å²) in [5, 5.41) is 12.7. The van der Waals surface area contributed by atoms with Crippen molar-refractivity contribution in [1.82, 2.24) is 24.1 Å². The topological polar surface area (TPSA) is 81.0 Å². The van der Waals surface area contributed by atoms with Crippen molar-refractivity contribution < 1.29 is 8.42 Å². The van der Waals surface area contributed by atoms with Crippen molar-refractivity contribution in [3.63, 3.8) is 0 Å². The van der Waals surface area contributed by atoms with Crippen molar-refractivity contribution in [2.45, 2.75) is 29.7 Å². The highest BCUT2D eigenvalue weighted by Crippen LogP contribution is 2.31. The summed E-state index contributed by atoms with van der Waals surface area (Å²) in [6, 6.07) is 14.9. The predicted octanol–water partition coefficient (Wildman–Crippen LogP) is 4.55. The van der Waals surface area contributed by atoms with Crippen LogP contribution in [-0.2, 0) is 15.8 Å². The zero-order valence-corrected chi connectivity index (χ0v) is 20.6. The Labute approximate surface area is 196 Å². The van der Waals surface area contributed by atoms with Crippen LogP contribution in [0.15, 0.2) is 64.0 Å². The predicted molar refractivity (Wildman–Crippen MR) is 129 cm³/mol. The number of aryl methyl sites for hydroxylation is 2. The van der Waals surface area contributed by atoms with E-state index >= 15 is 0 Å². The Balaban J connectivity index is 1.80. The van der Waals surface area contributed by atoms with Crippen LogP contribution in [0.25, 0.3) is 17.1 Å². The van der Waals surface area contributed by atoms with Crippen LogP contribution >= 0.6 is 23.1 Å². The molecule has 7 nitrogen and oxygen atoms in total. The maximum Gasteiger partial charge on any atom is 0.242 e. The minimum atomic E-state index is -3.57. The van der Waals surface area contributed by atoms with Gasteiger partial charge in [0.15, 0.2) is 11.0 Å². The van der Waals surface area contributed by atoms with Crippen LogP contribution in [0, 0.1) is 13.8 Å². The lowest BCUT2D eigenvalue weighted by Crippen LogP contribution is -2.22. The Bertz CT molecular complexity index is 1360. The van der Waals surface area contributed by atoms with E-state index in [0.29, 0.717) is 17.1 Å². The molecule has 0 N–H and O–H groups in total. The summed E-state index contributed by atoms with van der Waals surface area (Å²) in [6.07, 6.45) is 0. The summed E-state index contributed by atoms with van der Waals surface area (Å²) in [5.74, 6) is 1.26. The molecule has 0 aliphatic rings. The van der Waals surface area contributed by atoms with Crippen LogP contribution < -0.4 is 0 Å². The van der Waals surface area contributed by atoms with Gasteiger partial charge in [-0.2, -0.15) is 0 Å². The number of thioether (sulfide) groups is 1. The largest absolute Gasteiger partial charge is 0.270 e. The smallest absolute Gasteiger partial charge is 0.242 e. The lowest BCUT2D eigenvalue weighted by atomic mass is 10.2. The fourth-order valence-electron chi connectivity index (χ4n) is 3.17. The van der Waals surface area contributed by atoms with Gasteiger partial charge in [-0.05, 0) is 43.7 Å². The number of rotatable bonds is 7. The van der Waals surface area contributed by atoms with Gasteiger partial charge in [0.1, 0.15) is 0 Å². The molecule has 0 unspecified atom stereocenters. The monoisotopic (exact) mass is 485 g/mol. The molecule has 2 aromatic carbocycles. The van der Waals surface area contributed by atoms with E-state index in [1.165, 1.54) is 18.4 Å². The van der Waals surface area contributed by atoms with Crippen molar-refractivity contribution in [3.8, 4) is 17.1 Å². The quantitative estimate of drug-likeness (QED) is 0.357. The molecule has 0 fully saturated rings. The zero-order chi connectivity index (χ0) is 22.9. The normalized spacial score (nSPS) is 11.9. The van der Waals surface area contributed by atoms with E-state index in [4.69, 9.17) is 0 Å². The average Bonchev–Trinajstić information content (AvgIpc) is 3.38. The molecule has 0 aliphatic carbocycles. The summed E-state index contributed by atoms with van der Waals surface area (Å²) in [5.41, 5.74) is 3.70. The summed E-state index contributed by atoms with van der Waals surface area (Å²) >= 11 is 3.17. The third-order valence-corrected chi connectivity index (χ3v) is 8.38. The first-order valence-electron chi connectivity index (χ1n) is 9.85. The van der Waals surface area contributed by atoms with Crippen molar-refractivity contribution >= 4 is 33.1 Å². The number of benzene rings is 2. The molecule has 166 valence electrons. The molecule has 0 bridgehead atoms. The molecular weight excluding hydrogens is 462 g/mol. The highest BCUT2D eigenvalue weighted by atomic mass is 32.2. The van der Waals surface area contributed by atoms with Gasteiger partial charge in [-0.25, -0.2) is 17.7 Å². The molecule has 0 radical (unpaired) electrons. The van der Waals surface area contributed by atoms with E-state index in [9.17, 15) is 8.42 Å². The average molecular weight is 486 g/mol. The van der Waals surface area contributed by atoms with E-state index in [1.54, 1.807) is 41.3 Å². The zero-order valence-electron chi connectivity index (χ0n) is 18.2. The first kappa shape index (κ1) is 22.7. The Kier molecular flexibility index (Phi) is 6.47. The lowest BCUT2D eigenvalue weighted by Gasteiger charge is -2.13. The van der Waals surface area contributed by atoms with Crippen LogP contribution in [0.1, 0.15) is 16.3 Å². The molecule has 32 heavy (non-hydrogen) atoms. The van der Waals surface area contributed by atoms with Gasteiger partial charge in [0.25, 0.3) is 0 Å². The maximum atomic E-state index is 12.7. The molecule has 2 aromatic heterocycles. The first-order valence-corrected chi connectivity index (χ1v) is 13.2.